The average molecular weight is 215 g/mol. The van der Waals surface area contributed by atoms with Gasteiger partial charge in [0.2, 0.25) is 0 Å². The Morgan fingerprint density at radius 3 is 2.64 bits per heavy atom. The largest absolute Gasteiger partial charge is 0.480 e. The molecule has 0 spiro atoms. The maximum atomic E-state index is 10.5. The first-order valence-corrected chi connectivity index (χ1v) is 4.42. The Bertz CT molecular complexity index is 396. The van der Waals surface area contributed by atoms with Crippen LogP contribution in [0.4, 0.5) is 0 Å². The third kappa shape index (κ3) is 1.96. The van der Waals surface area contributed by atoms with E-state index in [9.17, 15) is 4.79 Å². The molecule has 0 saturated heterocycles. The standard InChI is InChI=1S/C9H11ClN2O2/c1-5(2)9-8(10)6(3)12(11-9)4-7(13)14/h1,4H2,2-3H3,(H,13,14). The lowest BCUT2D eigenvalue weighted by Gasteiger charge is -1.98. The lowest BCUT2D eigenvalue weighted by molar-refractivity contribution is -0.137. The van der Waals surface area contributed by atoms with Crippen LogP contribution in [0.25, 0.3) is 5.57 Å². The SMILES string of the molecule is C=C(C)c1nn(CC(=O)O)c(C)c1Cl. The summed E-state index contributed by atoms with van der Waals surface area (Å²) in [6.45, 7) is 7.03. The summed E-state index contributed by atoms with van der Waals surface area (Å²) in [5.41, 5.74) is 1.93. The molecule has 0 aliphatic rings. The normalized spacial score (nSPS) is 10.2. The lowest BCUT2D eigenvalue weighted by atomic mass is 10.2. The summed E-state index contributed by atoms with van der Waals surface area (Å²) >= 11 is 5.96. The van der Waals surface area contributed by atoms with E-state index in [1.165, 1.54) is 4.68 Å². The molecule has 5 heteroatoms. The van der Waals surface area contributed by atoms with Gasteiger partial charge in [0.05, 0.1) is 10.7 Å². The van der Waals surface area contributed by atoms with Crippen molar-refractivity contribution in [2.24, 2.45) is 0 Å². The van der Waals surface area contributed by atoms with E-state index in [-0.39, 0.29) is 6.54 Å². The molecule has 0 fully saturated rings. The minimum absolute atomic E-state index is 0.182. The van der Waals surface area contributed by atoms with Gasteiger partial charge in [-0.15, -0.1) is 0 Å². The van der Waals surface area contributed by atoms with Crippen molar-refractivity contribution in [2.45, 2.75) is 20.4 Å². The predicted molar refractivity (Wildman–Crippen MR) is 54.3 cm³/mol. The number of hydrogen-bond acceptors (Lipinski definition) is 2. The molecule has 0 amide bonds. The van der Waals surface area contributed by atoms with E-state index in [2.05, 4.69) is 11.7 Å². The van der Waals surface area contributed by atoms with Gasteiger partial charge >= 0.3 is 5.97 Å². The van der Waals surface area contributed by atoms with Crippen LogP contribution in [-0.4, -0.2) is 20.9 Å². The second-order valence-electron chi connectivity index (χ2n) is 3.08. The van der Waals surface area contributed by atoms with Gasteiger partial charge in [-0.25, -0.2) is 0 Å². The van der Waals surface area contributed by atoms with Crippen molar-refractivity contribution in [3.05, 3.63) is 23.0 Å². The monoisotopic (exact) mass is 214 g/mol. The van der Waals surface area contributed by atoms with Crippen LogP contribution in [0, 0.1) is 6.92 Å². The molecule has 0 aromatic carbocycles. The van der Waals surface area contributed by atoms with Gasteiger partial charge in [0.1, 0.15) is 12.2 Å². The van der Waals surface area contributed by atoms with Crippen LogP contribution in [0.15, 0.2) is 6.58 Å². The summed E-state index contributed by atoms with van der Waals surface area (Å²) in [7, 11) is 0. The molecule has 1 rings (SSSR count). The molecule has 0 aliphatic carbocycles. The quantitative estimate of drug-likeness (QED) is 0.837. The van der Waals surface area contributed by atoms with Crippen molar-refractivity contribution < 1.29 is 9.90 Å². The summed E-state index contributed by atoms with van der Waals surface area (Å²) in [6, 6.07) is 0. The van der Waals surface area contributed by atoms with Crippen molar-refractivity contribution in [1.82, 2.24) is 9.78 Å². The molecule has 76 valence electrons. The molecule has 0 unspecified atom stereocenters. The van der Waals surface area contributed by atoms with Gasteiger partial charge in [-0.3, -0.25) is 9.48 Å². The number of hydrogen-bond donors (Lipinski definition) is 1. The zero-order valence-corrected chi connectivity index (χ0v) is 8.80. The molecule has 1 aromatic rings. The first-order valence-electron chi connectivity index (χ1n) is 4.04. The maximum Gasteiger partial charge on any atom is 0.325 e. The summed E-state index contributed by atoms with van der Waals surface area (Å²) in [4.78, 5) is 10.5. The fourth-order valence-corrected chi connectivity index (χ4v) is 1.38. The molecule has 0 radical (unpaired) electrons. The van der Waals surface area contributed by atoms with Gasteiger partial charge in [-0.2, -0.15) is 5.10 Å². The molecule has 0 bridgehead atoms. The van der Waals surface area contributed by atoms with Crippen molar-refractivity contribution in [1.29, 1.82) is 0 Å². The number of aliphatic carboxylic acids is 1. The van der Waals surface area contributed by atoms with E-state index in [1.807, 2.05) is 0 Å². The molecular formula is C9H11ClN2O2. The zero-order valence-electron chi connectivity index (χ0n) is 8.04. The van der Waals surface area contributed by atoms with Crippen molar-refractivity contribution in [2.75, 3.05) is 0 Å². The fraction of sp³-hybridized carbons (Fsp3) is 0.333. The Kier molecular flexibility index (Phi) is 2.96. The van der Waals surface area contributed by atoms with Crippen LogP contribution in [0.1, 0.15) is 18.3 Å². The molecule has 1 aromatic heterocycles. The minimum atomic E-state index is -0.944. The van der Waals surface area contributed by atoms with Crippen LogP contribution < -0.4 is 0 Å². The highest BCUT2D eigenvalue weighted by molar-refractivity contribution is 6.32. The second kappa shape index (κ2) is 3.84. The summed E-state index contributed by atoms with van der Waals surface area (Å²) in [5.74, 6) is -0.944. The zero-order chi connectivity index (χ0) is 10.9. The first kappa shape index (κ1) is 10.8. The number of carbonyl (C=O) groups is 1. The number of halogens is 1. The van der Waals surface area contributed by atoms with E-state index in [0.717, 1.165) is 5.57 Å². The number of aromatic nitrogens is 2. The number of nitrogens with zero attached hydrogens (tertiary/aromatic N) is 2. The minimum Gasteiger partial charge on any atom is -0.480 e. The van der Waals surface area contributed by atoms with E-state index in [1.54, 1.807) is 13.8 Å². The Labute approximate surface area is 86.8 Å². The van der Waals surface area contributed by atoms with Crippen LogP contribution in [0.3, 0.4) is 0 Å². The Morgan fingerprint density at radius 1 is 1.71 bits per heavy atom. The third-order valence-electron chi connectivity index (χ3n) is 1.82. The molecule has 4 nitrogen and oxygen atoms in total. The Hall–Kier alpha value is -1.29. The molecular weight excluding hydrogens is 204 g/mol. The summed E-state index contributed by atoms with van der Waals surface area (Å²) < 4.78 is 1.36. The molecule has 0 aliphatic heterocycles. The van der Waals surface area contributed by atoms with Gasteiger partial charge in [-0.05, 0) is 19.4 Å². The number of allylic oxidation sites excluding steroid dienone is 1. The lowest BCUT2D eigenvalue weighted by Crippen LogP contribution is -2.11. The maximum absolute atomic E-state index is 10.5. The Morgan fingerprint density at radius 2 is 2.29 bits per heavy atom. The van der Waals surface area contributed by atoms with Gasteiger partial charge in [-0.1, -0.05) is 18.2 Å². The van der Waals surface area contributed by atoms with Gasteiger partial charge in [0.15, 0.2) is 0 Å². The van der Waals surface area contributed by atoms with Crippen LogP contribution in [0.5, 0.6) is 0 Å². The van der Waals surface area contributed by atoms with E-state index < -0.39 is 5.97 Å². The molecule has 14 heavy (non-hydrogen) atoms. The fourth-order valence-electron chi connectivity index (χ4n) is 1.08. The summed E-state index contributed by atoms with van der Waals surface area (Å²) in [5, 5.41) is 13.1. The van der Waals surface area contributed by atoms with Gasteiger partial charge < -0.3 is 5.11 Å². The van der Waals surface area contributed by atoms with Gasteiger partial charge in [0.25, 0.3) is 0 Å². The number of carboxylic acids is 1. The summed E-state index contributed by atoms with van der Waals surface area (Å²) in [6.07, 6.45) is 0. The van der Waals surface area contributed by atoms with E-state index in [4.69, 9.17) is 16.7 Å². The van der Waals surface area contributed by atoms with Crippen molar-refractivity contribution in [3.63, 3.8) is 0 Å². The number of rotatable bonds is 3. The highest BCUT2D eigenvalue weighted by atomic mass is 35.5. The molecule has 1 heterocycles. The highest BCUT2D eigenvalue weighted by Crippen LogP contribution is 2.24. The average Bonchev–Trinajstić information content (AvgIpc) is 2.32. The van der Waals surface area contributed by atoms with E-state index >= 15 is 0 Å². The Balaban J connectivity index is 3.15. The first-order chi connectivity index (χ1) is 6.43. The van der Waals surface area contributed by atoms with Gasteiger partial charge in [0, 0.05) is 0 Å². The second-order valence-corrected chi connectivity index (χ2v) is 3.46. The molecule has 0 saturated carbocycles. The van der Waals surface area contributed by atoms with Crippen molar-refractivity contribution in [3.8, 4) is 0 Å². The smallest absolute Gasteiger partial charge is 0.325 e. The van der Waals surface area contributed by atoms with E-state index in [0.29, 0.717) is 16.4 Å². The molecule has 1 N–H and O–H groups in total. The number of carboxylic acid groups (broad SMARTS) is 1. The topological polar surface area (TPSA) is 55.1 Å². The van der Waals surface area contributed by atoms with Crippen LogP contribution in [0.2, 0.25) is 5.02 Å². The molecule has 0 atom stereocenters. The van der Waals surface area contributed by atoms with Crippen LogP contribution in [-0.2, 0) is 11.3 Å². The van der Waals surface area contributed by atoms with Crippen LogP contribution >= 0.6 is 11.6 Å². The van der Waals surface area contributed by atoms with Crippen molar-refractivity contribution >= 4 is 23.1 Å². The predicted octanol–water partition coefficient (Wildman–Crippen LogP) is 1.96. The highest BCUT2D eigenvalue weighted by Gasteiger charge is 2.14. The third-order valence-corrected chi connectivity index (χ3v) is 2.28.